The number of carbonyl (C=O) groups is 1. The van der Waals surface area contributed by atoms with E-state index in [0.29, 0.717) is 12.5 Å². The second-order valence-electron chi connectivity index (χ2n) is 10.6. The summed E-state index contributed by atoms with van der Waals surface area (Å²) in [5, 5.41) is 0. The minimum absolute atomic E-state index is 0.452. The van der Waals surface area contributed by atoms with Gasteiger partial charge < -0.3 is 9.47 Å². The van der Waals surface area contributed by atoms with Crippen LogP contribution in [0.15, 0.2) is 0 Å². The van der Waals surface area contributed by atoms with Crippen LogP contribution in [0.4, 0.5) is 4.79 Å². The van der Waals surface area contributed by atoms with Gasteiger partial charge in [0.15, 0.2) is 0 Å². The van der Waals surface area contributed by atoms with Crippen molar-refractivity contribution >= 4 is 38.5 Å². The summed E-state index contributed by atoms with van der Waals surface area (Å²) >= 11 is 0. The van der Waals surface area contributed by atoms with Crippen molar-refractivity contribution in [3.05, 3.63) is 0 Å². The molecule has 0 saturated heterocycles. The van der Waals surface area contributed by atoms with E-state index in [1.165, 1.54) is 11.3 Å². The molecule has 0 aliphatic carbocycles. The smallest absolute Gasteiger partial charge is 0.438 e. The molecule has 7 heteroatoms. The first-order valence-electron chi connectivity index (χ1n) is 8.31. The lowest BCUT2D eigenvalue weighted by Gasteiger charge is -2.30. The van der Waals surface area contributed by atoms with E-state index in [0.717, 1.165) is 0 Å². The van der Waals surface area contributed by atoms with Crippen molar-refractivity contribution in [2.75, 3.05) is 12.5 Å². The molecule has 0 atom stereocenters. The van der Waals surface area contributed by atoms with Crippen LogP contribution in [0, 0.1) is 0 Å². The van der Waals surface area contributed by atoms with Gasteiger partial charge in [0, 0.05) is 16.1 Å². The summed E-state index contributed by atoms with van der Waals surface area (Å²) in [7, 11) is -5.11. The molecule has 0 aromatic carbocycles. The molecule has 0 spiro atoms. The fraction of sp³-hybridized carbons (Fsp3) is 0.933. The molecule has 0 unspecified atom stereocenters. The zero-order valence-corrected chi connectivity index (χ0v) is 20.6. The van der Waals surface area contributed by atoms with Gasteiger partial charge in [0.05, 0.1) is 28.6 Å². The predicted molar refractivity (Wildman–Crippen MR) is 109 cm³/mol. The molecule has 132 valence electrons. The summed E-state index contributed by atoms with van der Waals surface area (Å²) < 4.78 is 10.9. The van der Waals surface area contributed by atoms with Crippen LogP contribution >= 0.6 is 0 Å². The monoisotopic (exact) mass is 378 g/mol. The van der Waals surface area contributed by atoms with Crippen molar-refractivity contribution in [3.63, 3.8) is 0 Å². The lowest BCUT2D eigenvalue weighted by molar-refractivity contribution is 0.0778. The maximum atomic E-state index is 11.9. The Kier molecular flexibility index (Phi) is 7.85. The topological polar surface area (TPSA) is 35.5 Å². The molecule has 0 radical (unpaired) electrons. The molecule has 0 aliphatic rings. The molecule has 22 heavy (non-hydrogen) atoms. The van der Waals surface area contributed by atoms with Crippen molar-refractivity contribution in [2.24, 2.45) is 0 Å². The second kappa shape index (κ2) is 7.81. The van der Waals surface area contributed by atoms with Crippen LogP contribution in [-0.4, -0.2) is 50.9 Å². The molecule has 0 bridgehead atoms. The average molecular weight is 379 g/mol. The molecule has 0 aliphatic heterocycles. The molecule has 0 saturated carbocycles. The normalized spacial score (nSPS) is 13.9. The van der Waals surface area contributed by atoms with E-state index in [2.05, 4.69) is 65.5 Å². The van der Waals surface area contributed by atoms with Crippen molar-refractivity contribution in [1.29, 1.82) is 0 Å². The minimum atomic E-state index is -1.46. The van der Waals surface area contributed by atoms with Crippen LogP contribution in [0.25, 0.3) is 0 Å². The number of rotatable bonds is 8. The summed E-state index contributed by atoms with van der Waals surface area (Å²) in [6.45, 7) is 23.5. The van der Waals surface area contributed by atoms with Gasteiger partial charge in [-0.05, 0) is 0 Å². The van der Waals surface area contributed by atoms with Gasteiger partial charge in [0.25, 0.3) is 0 Å². The Balaban J connectivity index is 4.25. The second-order valence-corrected chi connectivity index (χ2v) is 32.9. The first kappa shape index (κ1) is 22.1. The van der Waals surface area contributed by atoms with E-state index in [1.807, 2.05) is 0 Å². The summed E-state index contributed by atoms with van der Waals surface area (Å²) in [6, 6.07) is 0. The first-order chi connectivity index (χ1) is 9.52. The Hall–Kier alpha value is 0.138. The molecule has 0 rings (SSSR count). The molecule has 0 amide bonds. The zero-order valence-electron chi connectivity index (χ0n) is 16.6. The molecule has 0 aromatic rings. The van der Waals surface area contributed by atoms with Crippen molar-refractivity contribution in [1.82, 2.24) is 0 Å². The van der Waals surface area contributed by atoms with Gasteiger partial charge in [-0.2, -0.15) is 0 Å². The highest BCUT2D eigenvalue weighted by Crippen LogP contribution is 2.21. The van der Waals surface area contributed by atoms with E-state index in [4.69, 9.17) is 9.47 Å². The minimum Gasteiger partial charge on any atom is -0.438 e. The van der Waals surface area contributed by atoms with Crippen LogP contribution in [0.1, 0.15) is 0 Å². The maximum absolute atomic E-state index is 11.9. The fourth-order valence-corrected chi connectivity index (χ4v) is 28.3. The largest absolute Gasteiger partial charge is 0.507 e. The van der Waals surface area contributed by atoms with E-state index >= 15 is 0 Å². The summed E-state index contributed by atoms with van der Waals surface area (Å²) in [5.41, 5.74) is 2.56. The molecule has 0 aromatic heterocycles. The van der Waals surface area contributed by atoms with Gasteiger partial charge in [-0.3, -0.25) is 0 Å². The lowest BCUT2D eigenvalue weighted by atomic mass is 11.3. The highest BCUT2D eigenvalue weighted by Gasteiger charge is 2.32. The summed E-state index contributed by atoms with van der Waals surface area (Å²) in [4.78, 5) is 11.9. The van der Waals surface area contributed by atoms with Gasteiger partial charge in [-0.1, -0.05) is 76.8 Å². The van der Waals surface area contributed by atoms with E-state index in [9.17, 15) is 4.79 Å². The molecule has 0 N–H and O–H groups in total. The van der Waals surface area contributed by atoms with Crippen molar-refractivity contribution < 1.29 is 14.3 Å². The Labute approximate surface area is 142 Å². The quantitative estimate of drug-likeness (QED) is 0.419. The standard InChI is InChI=1S/C15H38O3Si4/c1-19(2,3)13-21(7,8)11-17-15(16)18-12-22(9,10)14-20(4,5)6/h11-14H2,1-10H3. The van der Waals surface area contributed by atoms with Crippen LogP contribution in [-0.2, 0) is 9.47 Å². The molecule has 0 fully saturated rings. The molecule has 0 heterocycles. The first-order valence-corrected chi connectivity index (χ1v) is 22.6. The third-order valence-corrected chi connectivity index (χ3v) is 21.2. The average Bonchev–Trinajstić information content (AvgIpc) is 2.17. The van der Waals surface area contributed by atoms with Crippen LogP contribution < -0.4 is 0 Å². The lowest BCUT2D eigenvalue weighted by Crippen LogP contribution is -2.44. The maximum Gasteiger partial charge on any atom is 0.507 e. The van der Waals surface area contributed by atoms with Gasteiger partial charge in [-0.15, -0.1) is 0 Å². The van der Waals surface area contributed by atoms with E-state index in [1.54, 1.807) is 0 Å². The zero-order chi connectivity index (χ0) is 17.8. The van der Waals surface area contributed by atoms with Crippen LogP contribution in [0.5, 0.6) is 0 Å². The van der Waals surface area contributed by atoms with Gasteiger partial charge >= 0.3 is 6.16 Å². The number of hydrogen-bond donors (Lipinski definition) is 0. The number of ether oxygens (including phenoxy) is 2. The SMILES string of the molecule is C[Si](C)(C)C[Si](C)(C)COC(=O)OC[Si](C)(C)C[Si](C)(C)C. The summed E-state index contributed by atoms with van der Waals surface area (Å²) in [6.07, 6.45) is 0.727. The Bertz CT molecular complexity index is 334. The predicted octanol–water partition coefficient (Wildman–Crippen LogP) is 5.39. The van der Waals surface area contributed by atoms with Gasteiger partial charge in [0.1, 0.15) is 0 Å². The molecule has 3 nitrogen and oxygen atoms in total. The molecular weight excluding hydrogens is 341 g/mol. The summed E-state index contributed by atoms with van der Waals surface area (Å²) in [5.74, 6) is 0. The van der Waals surface area contributed by atoms with Crippen molar-refractivity contribution in [3.8, 4) is 0 Å². The highest BCUT2D eigenvalue weighted by atomic mass is 28.4. The van der Waals surface area contributed by atoms with Gasteiger partial charge in [-0.25, -0.2) is 4.79 Å². The Morgan fingerprint density at radius 2 is 0.909 bits per heavy atom. The van der Waals surface area contributed by atoms with Crippen molar-refractivity contribution in [2.45, 2.75) is 76.8 Å². The third kappa shape index (κ3) is 12.7. The number of hydrogen-bond acceptors (Lipinski definition) is 3. The van der Waals surface area contributed by atoms with Crippen LogP contribution in [0.3, 0.4) is 0 Å². The third-order valence-electron chi connectivity index (χ3n) is 3.18. The Morgan fingerprint density at radius 3 is 1.14 bits per heavy atom. The van der Waals surface area contributed by atoms with E-state index in [-0.39, 0.29) is 0 Å². The molecular formula is C15H38O3Si4. The number of carbonyl (C=O) groups excluding carboxylic acids is 1. The van der Waals surface area contributed by atoms with Crippen LogP contribution in [0.2, 0.25) is 76.8 Å². The van der Waals surface area contributed by atoms with E-state index < -0.39 is 38.5 Å². The Morgan fingerprint density at radius 1 is 0.636 bits per heavy atom. The van der Waals surface area contributed by atoms with Gasteiger partial charge in [0.2, 0.25) is 0 Å². The highest BCUT2D eigenvalue weighted by molar-refractivity contribution is 6.95. The fourth-order valence-electron chi connectivity index (χ4n) is 3.52.